The fourth-order valence-electron chi connectivity index (χ4n) is 1.29. The highest BCUT2D eigenvalue weighted by molar-refractivity contribution is 5.07. The van der Waals surface area contributed by atoms with E-state index in [0.717, 1.165) is 0 Å². The highest BCUT2D eigenvalue weighted by Crippen LogP contribution is 2.26. The van der Waals surface area contributed by atoms with Crippen molar-refractivity contribution in [1.29, 1.82) is 0 Å². The van der Waals surface area contributed by atoms with E-state index in [1.54, 1.807) is 13.8 Å². The molecular weight excluding hydrogens is 224 g/mol. The summed E-state index contributed by atoms with van der Waals surface area (Å²) >= 11 is 0. The molecule has 0 aliphatic carbocycles. The molecule has 0 amide bonds. The van der Waals surface area contributed by atoms with Gasteiger partial charge in [-0.05, 0) is 0 Å². The Hall–Kier alpha value is -0.880. The molecule has 5 heteroatoms. The molecule has 0 aliphatic rings. The molecule has 5 nitrogen and oxygen atoms in total. The van der Waals surface area contributed by atoms with Crippen LogP contribution in [-0.4, -0.2) is 32.0 Å². The van der Waals surface area contributed by atoms with Crippen LogP contribution in [0.2, 0.25) is 0 Å². The molecule has 0 spiro atoms. The van der Waals surface area contributed by atoms with Gasteiger partial charge >= 0.3 is 0 Å². The van der Waals surface area contributed by atoms with Gasteiger partial charge in [0.25, 0.3) is 0 Å². The van der Waals surface area contributed by atoms with E-state index >= 15 is 0 Å². The predicted molar refractivity (Wildman–Crippen MR) is 63.5 cm³/mol. The minimum atomic E-state index is -2.19. The smallest absolute Gasteiger partial charge is 0.222 e. The number of rotatable bonds is 8. The van der Waals surface area contributed by atoms with Gasteiger partial charge in [-0.15, -0.1) is 0 Å². The quantitative estimate of drug-likeness (QED) is 0.379. The zero-order valence-corrected chi connectivity index (χ0v) is 10.4. The zero-order chi connectivity index (χ0) is 13.7. The lowest BCUT2D eigenvalue weighted by atomic mass is 10.1. The SMILES string of the molecule is C=C(OC(=C)C(O)(O)CCC)C(O)(O)CCC. The van der Waals surface area contributed by atoms with Gasteiger partial charge in [0.1, 0.15) is 0 Å². The van der Waals surface area contributed by atoms with E-state index in [2.05, 4.69) is 13.2 Å². The Morgan fingerprint density at radius 2 is 1.18 bits per heavy atom. The summed E-state index contributed by atoms with van der Waals surface area (Å²) in [5.41, 5.74) is 0. The van der Waals surface area contributed by atoms with Crippen LogP contribution in [0.4, 0.5) is 0 Å². The van der Waals surface area contributed by atoms with Gasteiger partial charge in [-0.1, -0.05) is 39.8 Å². The Bertz CT molecular complexity index is 253. The third-order valence-electron chi connectivity index (χ3n) is 2.34. The van der Waals surface area contributed by atoms with Gasteiger partial charge in [-0.25, -0.2) is 0 Å². The van der Waals surface area contributed by atoms with Crippen molar-refractivity contribution < 1.29 is 25.2 Å². The van der Waals surface area contributed by atoms with Gasteiger partial charge in [0.05, 0.1) is 0 Å². The molecule has 0 aliphatic heterocycles. The summed E-state index contributed by atoms with van der Waals surface area (Å²) in [4.78, 5) is 0. The van der Waals surface area contributed by atoms with Gasteiger partial charge in [-0.2, -0.15) is 0 Å². The molecule has 4 N–H and O–H groups in total. The first-order chi connectivity index (χ1) is 7.67. The number of hydrogen-bond acceptors (Lipinski definition) is 5. The third-order valence-corrected chi connectivity index (χ3v) is 2.34. The summed E-state index contributed by atoms with van der Waals surface area (Å²) in [7, 11) is 0. The maximum atomic E-state index is 9.55. The topological polar surface area (TPSA) is 90.2 Å². The average molecular weight is 246 g/mol. The van der Waals surface area contributed by atoms with Gasteiger partial charge in [0.2, 0.25) is 11.6 Å². The number of hydrogen-bond donors (Lipinski definition) is 4. The molecule has 0 unspecified atom stereocenters. The van der Waals surface area contributed by atoms with E-state index in [9.17, 15) is 20.4 Å². The van der Waals surface area contributed by atoms with E-state index in [-0.39, 0.29) is 24.4 Å². The third kappa shape index (κ3) is 4.87. The van der Waals surface area contributed by atoms with Crippen LogP contribution in [0.25, 0.3) is 0 Å². The summed E-state index contributed by atoms with van der Waals surface area (Å²) in [5, 5.41) is 38.2. The van der Waals surface area contributed by atoms with E-state index < -0.39 is 11.6 Å². The van der Waals surface area contributed by atoms with Gasteiger partial charge in [0, 0.05) is 12.8 Å². The van der Waals surface area contributed by atoms with E-state index in [4.69, 9.17) is 4.74 Å². The lowest BCUT2D eigenvalue weighted by molar-refractivity contribution is -0.187. The first kappa shape index (κ1) is 16.1. The fourth-order valence-corrected chi connectivity index (χ4v) is 1.29. The lowest BCUT2D eigenvalue weighted by Crippen LogP contribution is -2.36. The van der Waals surface area contributed by atoms with E-state index in [1.165, 1.54) is 0 Å². The van der Waals surface area contributed by atoms with Crippen molar-refractivity contribution in [1.82, 2.24) is 0 Å². The normalized spacial score (nSPS) is 12.4. The number of aliphatic hydroxyl groups is 4. The van der Waals surface area contributed by atoms with Crippen molar-refractivity contribution in [2.24, 2.45) is 0 Å². The van der Waals surface area contributed by atoms with Gasteiger partial charge < -0.3 is 25.2 Å². The molecule has 17 heavy (non-hydrogen) atoms. The number of ether oxygens (including phenoxy) is 1. The minimum Gasteiger partial charge on any atom is -0.456 e. The molecule has 0 fully saturated rings. The van der Waals surface area contributed by atoms with Crippen molar-refractivity contribution in [3.8, 4) is 0 Å². The van der Waals surface area contributed by atoms with Crippen LogP contribution < -0.4 is 0 Å². The van der Waals surface area contributed by atoms with E-state index in [0.29, 0.717) is 12.8 Å². The molecule has 0 saturated heterocycles. The van der Waals surface area contributed by atoms with Crippen molar-refractivity contribution in [3.05, 3.63) is 24.7 Å². The zero-order valence-electron chi connectivity index (χ0n) is 10.4. The Morgan fingerprint density at radius 3 is 1.41 bits per heavy atom. The van der Waals surface area contributed by atoms with Crippen LogP contribution in [0.1, 0.15) is 39.5 Å². The average Bonchev–Trinajstić information content (AvgIpc) is 2.17. The fraction of sp³-hybridized carbons (Fsp3) is 0.667. The predicted octanol–water partition coefficient (Wildman–Crippen LogP) is 0.992. The van der Waals surface area contributed by atoms with E-state index in [1.807, 2.05) is 0 Å². The largest absolute Gasteiger partial charge is 0.456 e. The van der Waals surface area contributed by atoms with Crippen molar-refractivity contribution >= 4 is 0 Å². The molecule has 0 radical (unpaired) electrons. The van der Waals surface area contributed by atoms with Crippen molar-refractivity contribution in [3.63, 3.8) is 0 Å². The molecule has 0 atom stereocenters. The molecule has 0 bridgehead atoms. The van der Waals surface area contributed by atoms with Gasteiger partial charge in [-0.3, -0.25) is 0 Å². The van der Waals surface area contributed by atoms with Crippen LogP contribution in [0.5, 0.6) is 0 Å². The molecule has 0 heterocycles. The maximum absolute atomic E-state index is 9.55. The maximum Gasteiger partial charge on any atom is 0.222 e. The second-order valence-electron chi connectivity index (χ2n) is 4.08. The molecule has 0 aromatic rings. The second-order valence-corrected chi connectivity index (χ2v) is 4.08. The molecular formula is C12H22O5. The standard InChI is InChI=1S/C12H22O5/c1-5-7-11(13,14)9(3)17-10(4)12(15,16)8-6-2/h13-16H,3-8H2,1-2H3. The monoisotopic (exact) mass is 246 g/mol. The first-order valence-corrected chi connectivity index (χ1v) is 5.63. The highest BCUT2D eigenvalue weighted by atomic mass is 16.6. The minimum absolute atomic E-state index is 0.0384. The van der Waals surface area contributed by atoms with Gasteiger partial charge in [0.15, 0.2) is 11.5 Å². The summed E-state index contributed by atoms with van der Waals surface area (Å²) in [6.45, 7) is 10.2. The highest BCUT2D eigenvalue weighted by Gasteiger charge is 2.34. The summed E-state index contributed by atoms with van der Waals surface area (Å²) < 4.78 is 4.90. The molecule has 0 rings (SSSR count). The van der Waals surface area contributed by atoms with Crippen molar-refractivity contribution in [2.45, 2.75) is 51.1 Å². The Balaban J connectivity index is 4.54. The van der Waals surface area contributed by atoms with Crippen LogP contribution in [0.3, 0.4) is 0 Å². The summed E-state index contributed by atoms with van der Waals surface area (Å²) in [5.74, 6) is -5.12. The molecule has 0 aromatic carbocycles. The Kier molecular flexibility index (Phi) is 5.84. The van der Waals surface area contributed by atoms with Crippen LogP contribution in [0.15, 0.2) is 24.7 Å². The van der Waals surface area contributed by atoms with Crippen LogP contribution >= 0.6 is 0 Å². The molecule has 0 saturated carbocycles. The van der Waals surface area contributed by atoms with Crippen LogP contribution in [0, 0.1) is 0 Å². The lowest BCUT2D eigenvalue weighted by Gasteiger charge is -2.28. The summed E-state index contributed by atoms with van der Waals surface area (Å²) in [6, 6.07) is 0. The second kappa shape index (κ2) is 6.16. The van der Waals surface area contributed by atoms with Crippen molar-refractivity contribution in [2.75, 3.05) is 0 Å². The Morgan fingerprint density at radius 1 is 0.882 bits per heavy atom. The molecule has 0 aromatic heterocycles. The Labute approximate surface area is 102 Å². The molecule has 100 valence electrons. The van der Waals surface area contributed by atoms with Crippen LogP contribution in [-0.2, 0) is 4.74 Å². The summed E-state index contributed by atoms with van der Waals surface area (Å²) in [6.07, 6.45) is 1.11. The first-order valence-electron chi connectivity index (χ1n) is 5.63.